The number of aliphatic hydroxyl groups is 1. The number of pyridine rings is 1. The van der Waals surface area contributed by atoms with E-state index in [2.05, 4.69) is 0 Å². The van der Waals surface area contributed by atoms with E-state index in [0.29, 0.717) is 5.56 Å². The van der Waals surface area contributed by atoms with Gasteiger partial charge in [-0.05, 0) is 0 Å². The van der Waals surface area contributed by atoms with Crippen LogP contribution in [0.15, 0.2) is 24.5 Å². The van der Waals surface area contributed by atoms with Crippen LogP contribution in [0.2, 0.25) is 0 Å². The van der Waals surface area contributed by atoms with Gasteiger partial charge in [0, 0.05) is 12.1 Å². The predicted molar refractivity (Wildman–Crippen MR) is 36.3 cm³/mol. The second-order valence-electron chi connectivity index (χ2n) is 2.07. The zero-order valence-corrected chi connectivity index (χ0v) is 5.82. The van der Waals surface area contributed by atoms with Crippen molar-refractivity contribution in [2.24, 2.45) is 0 Å². The monoisotopic (exact) mass is 152 g/mol. The summed E-state index contributed by atoms with van der Waals surface area (Å²) in [7, 11) is 0. The van der Waals surface area contributed by atoms with Gasteiger partial charge in [-0.1, -0.05) is 0 Å². The topological polar surface area (TPSA) is 65.0 Å². The van der Waals surface area contributed by atoms with E-state index >= 15 is 0 Å². The standard InChI is InChI=1S/C7H8N2O2/c8-7(11)6-1-3-9(5-10)4-2-6/h1-4,8,10H,5H2/q+1. The summed E-state index contributed by atoms with van der Waals surface area (Å²) in [5.74, 6) is -0.713. The molecule has 1 aromatic rings. The summed E-state index contributed by atoms with van der Waals surface area (Å²) in [5.41, 5.74) is 7.06. The van der Waals surface area contributed by atoms with E-state index in [1.165, 1.54) is 16.7 Å². The molecule has 1 heterocycles. The second-order valence-corrected chi connectivity index (χ2v) is 2.07. The van der Waals surface area contributed by atoms with Crippen LogP contribution in [0.5, 0.6) is 0 Å². The molecule has 0 bridgehead atoms. The first-order valence-electron chi connectivity index (χ1n) is 3.10. The first-order chi connectivity index (χ1) is 5.24. The first kappa shape index (κ1) is 7.68. The molecule has 0 spiro atoms. The van der Waals surface area contributed by atoms with Crippen LogP contribution in [0.25, 0.3) is 0 Å². The largest absolute Gasteiger partial charge is 0.339 e. The van der Waals surface area contributed by atoms with E-state index < -0.39 is 5.91 Å². The molecule has 1 radical (unpaired) electrons. The van der Waals surface area contributed by atoms with Crippen LogP contribution in [0.1, 0.15) is 10.4 Å². The van der Waals surface area contributed by atoms with Crippen molar-refractivity contribution in [2.45, 2.75) is 6.73 Å². The van der Waals surface area contributed by atoms with Gasteiger partial charge in [-0.25, -0.2) is 0 Å². The van der Waals surface area contributed by atoms with Gasteiger partial charge in [-0.3, -0.25) is 10.5 Å². The molecular weight excluding hydrogens is 144 g/mol. The minimum Gasteiger partial charge on any atom is -0.339 e. The van der Waals surface area contributed by atoms with Gasteiger partial charge >= 0.3 is 0 Å². The Labute approximate surface area is 63.9 Å². The van der Waals surface area contributed by atoms with Crippen molar-refractivity contribution >= 4 is 5.91 Å². The Bertz CT molecular complexity index is 256. The van der Waals surface area contributed by atoms with Crippen LogP contribution in [-0.2, 0) is 6.73 Å². The van der Waals surface area contributed by atoms with Crippen molar-refractivity contribution in [3.63, 3.8) is 0 Å². The summed E-state index contributed by atoms with van der Waals surface area (Å²) in [6, 6.07) is 2.98. The fourth-order valence-electron chi connectivity index (χ4n) is 0.703. The highest BCUT2D eigenvalue weighted by molar-refractivity contribution is 5.91. The molecule has 0 aliphatic heterocycles. The van der Waals surface area contributed by atoms with Crippen LogP contribution in [0.4, 0.5) is 0 Å². The highest BCUT2D eigenvalue weighted by atomic mass is 16.3. The molecule has 57 valence electrons. The minimum atomic E-state index is -0.713. The minimum absolute atomic E-state index is 0.119. The lowest BCUT2D eigenvalue weighted by Crippen LogP contribution is -2.32. The third-order valence-corrected chi connectivity index (χ3v) is 1.32. The van der Waals surface area contributed by atoms with Crippen molar-refractivity contribution in [1.82, 2.24) is 5.73 Å². The van der Waals surface area contributed by atoms with Crippen LogP contribution >= 0.6 is 0 Å². The number of hydrogen-bond acceptors (Lipinski definition) is 2. The summed E-state index contributed by atoms with van der Waals surface area (Å²) in [6.45, 7) is -0.119. The summed E-state index contributed by atoms with van der Waals surface area (Å²) >= 11 is 0. The number of nitrogens with zero attached hydrogens (tertiary/aromatic N) is 1. The van der Waals surface area contributed by atoms with E-state index in [0.717, 1.165) is 0 Å². The van der Waals surface area contributed by atoms with Crippen molar-refractivity contribution < 1.29 is 14.5 Å². The molecule has 2 N–H and O–H groups in total. The Balaban J connectivity index is 2.91. The summed E-state index contributed by atoms with van der Waals surface area (Å²) < 4.78 is 1.49. The number of carbonyl (C=O) groups excluding carboxylic acids is 1. The van der Waals surface area contributed by atoms with Crippen molar-refractivity contribution in [2.75, 3.05) is 0 Å². The normalized spacial score (nSPS) is 9.55. The van der Waals surface area contributed by atoms with Crippen molar-refractivity contribution in [3.8, 4) is 0 Å². The lowest BCUT2D eigenvalue weighted by Gasteiger charge is -1.91. The molecular formula is C7H8N2O2+. The lowest BCUT2D eigenvalue weighted by molar-refractivity contribution is -0.729. The third kappa shape index (κ3) is 1.75. The molecule has 0 fully saturated rings. The Morgan fingerprint density at radius 1 is 1.55 bits per heavy atom. The molecule has 0 atom stereocenters. The van der Waals surface area contributed by atoms with Gasteiger partial charge in [-0.15, -0.1) is 0 Å². The van der Waals surface area contributed by atoms with E-state index in [1.54, 1.807) is 12.4 Å². The summed E-state index contributed by atoms with van der Waals surface area (Å²) in [4.78, 5) is 10.4. The average molecular weight is 152 g/mol. The van der Waals surface area contributed by atoms with Crippen LogP contribution in [0, 0.1) is 0 Å². The van der Waals surface area contributed by atoms with Crippen LogP contribution in [-0.4, -0.2) is 11.0 Å². The molecule has 0 aromatic carbocycles. The molecule has 0 saturated carbocycles. The molecule has 0 saturated heterocycles. The number of nitrogens with one attached hydrogen (secondary N) is 1. The molecule has 1 aromatic heterocycles. The van der Waals surface area contributed by atoms with Crippen LogP contribution in [0.3, 0.4) is 0 Å². The number of rotatable bonds is 2. The van der Waals surface area contributed by atoms with Gasteiger partial charge < -0.3 is 5.11 Å². The lowest BCUT2D eigenvalue weighted by atomic mass is 10.2. The van der Waals surface area contributed by atoms with E-state index in [4.69, 9.17) is 10.8 Å². The molecule has 0 unspecified atom stereocenters. The highest BCUT2D eigenvalue weighted by Crippen LogP contribution is 1.92. The first-order valence-corrected chi connectivity index (χ1v) is 3.10. The molecule has 0 aliphatic carbocycles. The molecule has 1 amide bonds. The van der Waals surface area contributed by atoms with Gasteiger partial charge in [0.1, 0.15) is 0 Å². The highest BCUT2D eigenvalue weighted by Gasteiger charge is 2.02. The second kappa shape index (κ2) is 3.12. The maximum absolute atomic E-state index is 10.4. The van der Waals surface area contributed by atoms with E-state index in [-0.39, 0.29) is 6.73 Å². The Morgan fingerprint density at radius 3 is 2.45 bits per heavy atom. The van der Waals surface area contributed by atoms with E-state index in [1.807, 2.05) is 0 Å². The summed E-state index contributed by atoms with van der Waals surface area (Å²) in [6.07, 6.45) is 3.09. The molecule has 4 heteroatoms. The van der Waals surface area contributed by atoms with Gasteiger partial charge in [0.05, 0.1) is 5.56 Å². The molecule has 1 rings (SSSR count). The number of amides is 1. The number of hydrogen-bond donors (Lipinski definition) is 1. The van der Waals surface area contributed by atoms with Crippen LogP contribution < -0.4 is 10.3 Å². The van der Waals surface area contributed by atoms with Gasteiger partial charge in [0.15, 0.2) is 12.4 Å². The quantitative estimate of drug-likeness (QED) is 0.572. The third-order valence-electron chi connectivity index (χ3n) is 1.32. The van der Waals surface area contributed by atoms with E-state index in [9.17, 15) is 4.79 Å². The maximum atomic E-state index is 10.4. The number of aromatic nitrogens is 1. The maximum Gasteiger partial charge on any atom is 0.270 e. The fraction of sp³-hybridized carbons (Fsp3) is 0.143. The van der Waals surface area contributed by atoms with Gasteiger partial charge in [0.25, 0.3) is 5.91 Å². The molecule has 11 heavy (non-hydrogen) atoms. The Morgan fingerprint density at radius 2 is 2.09 bits per heavy atom. The number of aliphatic hydroxyl groups excluding tert-OH is 1. The SMILES string of the molecule is [NH]C(=O)c1cc[n+](CO)cc1. The zero-order chi connectivity index (χ0) is 8.27. The smallest absolute Gasteiger partial charge is 0.270 e. The molecule has 4 nitrogen and oxygen atoms in total. The Kier molecular flexibility index (Phi) is 2.18. The van der Waals surface area contributed by atoms with Crippen molar-refractivity contribution in [1.29, 1.82) is 0 Å². The van der Waals surface area contributed by atoms with Gasteiger partial charge in [0.2, 0.25) is 6.73 Å². The summed E-state index contributed by atoms with van der Waals surface area (Å²) in [5, 5.41) is 8.60. The van der Waals surface area contributed by atoms with Crippen molar-refractivity contribution in [3.05, 3.63) is 30.1 Å². The fourth-order valence-corrected chi connectivity index (χ4v) is 0.703. The average Bonchev–Trinajstić information content (AvgIpc) is 2.05. The number of carbonyl (C=O) groups is 1. The van der Waals surface area contributed by atoms with Gasteiger partial charge in [-0.2, -0.15) is 4.57 Å². The zero-order valence-electron chi connectivity index (χ0n) is 5.82. The Hall–Kier alpha value is -1.42. The predicted octanol–water partition coefficient (Wildman–Crippen LogP) is -0.653. The molecule has 0 aliphatic rings.